The lowest BCUT2D eigenvalue weighted by atomic mass is 10.1. The molecule has 0 radical (unpaired) electrons. The van der Waals surface area contributed by atoms with Crippen LogP contribution in [-0.2, 0) is 13.5 Å². The Balaban J connectivity index is 1.99. The SMILES string of the molecule is CCCCc1ccc2c(c1)sc(=NC(=O)c1cccc(F)c1)n2C. The van der Waals surface area contributed by atoms with Gasteiger partial charge in [0.1, 0.15) is 5.82 Å². The molecule has 1 amide bonds. The molecule has 0 fully saturated rings. The minimum Gasteiger partial charge on any atom is -0.319 e. The van der Waals surface area contributed by atoms with E-state index in [0.29, 0.717) is 4.80 Å². The first kappa shape index (κ1) is 16.6. The molecule has 3 aromatic rings. The van der Waals surface area contributed by atoms with Crippen molar-refractivity contribution < 1.29 is 9.18 Å². The third kappa shape index (κ3) is 3.46. The fourth-order valence-corrected chi connectivity index (χ4v) is 3.67. The van der Waals surface area contributed by atoms with Crippen LogP contribution < -0.4 is 4.80 Å². The minimum absolute atomic E-state index is 0.260. The summed E-state index contributed by atoms with van der Waals surface area (Å²) in [5.41, 5.74) is 2.61. The van der Waals surface area contributed by atoms with Crippen molar-refractivity contribution in [2.45, 2.75) is 26.2 Å². The number of hydrogen-bond acceptors (Lipinski definition) is 2. The van der Waals surface area contributed by atoms with Crippen molar-refractivity contribution in [3.8, 4) is 0 Å². The highest BCUT2D eigenvalue weighted by Crippen LogP contribution is 2.19. The number of carbonyl (C=O) groups is 1. The topological polar surface area (TPSA) is 34.4 Å². The van der Waals surface area contributed by atoms with E-state index >= 15 is 0 Å². The highest BCUT2D eigenvalue weighted by Gasteiger charge is 2.08. The van der Waals surface area contributed by atoms with Gasteiger partial charge in [-0.2, -0.15) is 4.99 Å². The van der Waals surface area contributed by atoms with Crippen LogP contribution in [0.5, 0.6) is 0 Å². The maximum atomic E-state index is 13.3. The first-order chi connectivity index (χ1) is 11.6. The molecule has 1 aromatic heterocycles. The van der Waals surface area contributed by atoms with Crippen molar-refractivity contribution in [3.63, 3.8) is 0 Å². The van der Waals surface area contributed by atoms with Gasteiger partial charge >= 0.3 is 0 Å². The zero-order valence-electron chi connectivity index (χ0n) is 13.8. The summed E-state index contributed by atoms with van der Waals surface area (Å²) in [5.74, 6) is -0.861. The van der Waals surface area contributed by atoms with Crippen LogP contribution in [0.3, 0.4) is 0 Å². The van der Waals surface area contributed by atoms with Crippen LogP contribution in [0, 0.1) is 5.82 Å². The Morgan fingerprint density at radius 1 is 1.25 bits per heavy atom. The number of aromatic nitrogens is 1. The van der Waals surface area contributed by atoms with Crippen molar-refractivity contribution in [2.75, 3.05) is 0 Å². The van der Waals surface area contributed by atoms with Gasteiger partial charge in [-0.05, 0) is 48.7 Å². The molecule has 0 atom stereocenters. The summed E-state index contributed by atoms with van der Waals surface area (Å²) < 4.78 is 16.3. The van der Waals surface area contributed by atoms with Gasteiger partial charge in [-0.25, -0.2) is 4.39 Å². The van der Waals surface area contributed by atoms with E-state index in [-0.39, 0.29) is 5.56 Å². The highest BCUT2D eigenvalue weighted by atomic mass is 32.1. The van der Waals surface area contributed by atoms with Gasteiger partial charge in [0, 0.05) is 12.6 Å². The molecule has 0 unspecified atom stereocenters. The second kappa shape index (κ2) is 7.09. The molecule has 0 aliphatic carbocycles. The number of nitrogens with zero attached hydrogens (tertiary/aromatic N) is 2. The van der Waals surface area contributed by atoms with Crippen LogP contribution >= 0.6 is 11.3 Å². The maximum absolute atomic E-state index is 13.3. The van der Waals surface area contributed by atoms with E-state index in [2.05, 4.69) is 30.1 Å². The second-order valence-electron chi connectivity index (χ2n) is 5.78. The standard InChI is InChI=1S/C19H19FN2OS/c1-3-4-6-13-9-10-16-17(11-13)24-19(22(16)2)21-18(23)14-7-5-8-15(20)12-14/h5,7-12H,3-4,6H2,1-2H3. The van der Waals surface area contributed by atoms with Crippen LogP contribution in [0.4, 0.5) is 4.39 Å². The largest absolute Gasteiger partial charge is 0.319 e. The molecule has 0 aliphatic rings. The van der Waals surface area contributed by atoms with E-state index in [1.807, 2.05) is 11.6 Å². The number of halogens is 1. The molecule has 0 saturated carbocycles. The molecule has 124 valence electrons. The van der Waals surface area contributed by atoms with Crippen LogP contribution in [-0.4, -0.2) is 10.5 Å². The lowest BCUT2D eigenvalue weighted by Crippen LogP contribution is -2.13. The van der Waals surface area contributed by atoms with Gasteiger partial charge in [0.2, 0.25) is 0 Å². The molecular formula is C19H19FN2OS. The number of aryl methyl sites for hydroxylation is 2. The molecule has 3 rings (SSSR count). The summed E-state index contributed by atoms with van der Waals surface area (Å²) in [7, 11) is 1.89. The lowest BCUT2D eigenvalue weighted by Gasteiger charge is -2.00. The van der Waals surface area contributed by atoms with Gasteiger partial charge in [-0.1, -0.05) is 36.8 Å². The molecular weight excluding hydrogens is 323 g/mol. The van der Waals surface area contributed by atoms with Gasteiger partial charge in [0.05, 0.1) is 10.2 Å². The van der Waals surface area contributed by atoms with Gasteiger partial charge in [-0.3, -0.25) is 4.79 Å². The lowest BCUT2D eigenvalue weighted by molar-refractivity contribution is 0.0997. The van der Waals surface area contributed by atoms with Gasteiger partial charge in [0.25, 0.3) is 5.91 Å². The van der Waals surface area contributed by atoms with Gasteiger partial charge < -0.3 is 4.57 Å². The Hall–Kier alpha value is -2.27. The van der Waals surface area contributed by atoms with E-state index in [1.165, 1.54) is 41.5 Å². The second-order valence-corrected chi connectivity index (χ2v) is 6.79. The minimum atomic E-state index is -0.433. The molecule has 1 heterocycles. The summed E-state index contributed by atoms with van der Waals surface area (Å²) in [4.78, 5) is 17.1. The molecule has 3 nitrogen and oxygen atoms in total. The van der Waals surface area contributed by atoms with E-state index < -0.39 is 11.7 Å². The molecule has 0 bridgehead atoms. The first-order valence-corrected chi connectivity index (χ1v) is 8.83. The number of amides is 1. The number of thiazole rings is 1. The third-order valence-electron chi connectivity index (χ3n) is 3.96. The van der Waals surface area contributed by atoms with E-state index in [9.17, 15) is 9.18 Å². The fourth-order valence-electron chi connectivity index (χ4n) is 2.59. The van der Waals surface area contributed by atoms with Crippen LogP contribution in [0.1, 0.15) is 35.7 Å². The maximum Gasteiger partial charge on any atom is 0.279 e. The van der Waals surface area contributed by atoms with E-state index in [1.54, 1.807) is 6.07 Å². The molecule has 0 aliphatic heterocycles. The summed E-state index contributed by atoms with van der Waals surface area (Å²) in [6.45, 7) is 2.18. The monoisotopic (exact) mass is 342 g/mol. The first-order valence-electron chi connectivity index (χ1n) is 8.01. The van der Waals surface area contributed by atoms with Crippen molar-refractivity contribution in [1.29, 1.82) is 0 Å². The Morgan fingerprint density at radius 2 is 2.08 bits per heavy atom. The zero-order valence-corrected chi connectivity index (χ0v) is 14.6. The van der Waals surface area contributed by atoms with Crippen molar-refractivity contribution >= 4 is 27.5 Å². The summed E-state index contributed by atoms with van der Waals surface area (Å²) >= 11 is 1.48. The molecule has 0 spiro atoms. The summed E-state index contributed by atoms with van der Waals surface area (Å²) in [6.07, 6.45) is 3.39. The van der Waals surface area contributed by atoms with Crippen LogP contribution in [0.15, 0.2) is 47.5 Å². The molecule has 5 heteroatoms. The smallest absolute Gasteiger partial charge is 0.279 e. The normalized spacial score (nSPS) is 12.0. The number of carbonyl (C=O) groups excluding carboxylic acids is 1. The van der Waals surface area contributed by atoms with Crippen LogP contribution in [0.25, 0.3) is 10.2 Å². The average molecular weight is 342 g/mol. The van der Waals surface area contributed by atoms with Crippen molar-refractivity contribution in [1.82, 2.24) is 4.57 Å². The number of hydrogen-bond donors (Lipinski definition) is 0. The fraction of sp³-hybridized carbons (Fsp3) is 0.263. The average Bonchev–Trinajstić information content (AvgIpc) is 2.88. The number of benzene rings is 2. The zero-order chi connectivity index (χ0) is 17.1. The Kier molecular flexibility index (Phi) is 4.90. The predicted molar refractivity (Wildman–Crippen MR) is 95.7 cm³/mol. The number of fused-ring (bicyclic) bond motifs is 1. The van der Waals surface area contributed by atoms with Gasteiger partial charge in [0.15, 0.2) is 4.80 Å². The highest BCUT2D eigenvalue weighted by molar-refractivity contribution is 7.16. The molecule has 2 aromatic carbocycles. The van der Waals surface area contributed by atoms with Crippen LogP contribution in [0.2, 0.25) is 0 Å². The summed E-state index contributed by atoms with van der Waals surface area (Å²) in [5, 5.41) is 0. The Bertz CT molecular complexity index is 955. The molecule has 0 N–H and O–H groups in total. The third-order valence-corrected chi connectivity index (χ3v) is 5.06. The molecule has 24 heavy (non-hydrogen) atoms. The van der Waals surface area contributed by atoms with Crippen molar-refractivity contribution in [2.24, 2.45) is 12.0 Å². The quantitative estimate of drug-likeness (QED) is 0.689. The van der Waals surface area contributed by atoms with E-state index in [0.717, 1.165) is 23.1 Å². The number of rotatable bonds is 4. The van der Waals surface area contributed by atoms with Crippen molar-refractivity contribution in [3.05, 3.63) is 64.2 Å². The predicted octanol–water partition coefficient (Wildman–Crippen LogP) is 4.46. The summed E-state index contributed by atoms with van der Waals surface area (Å²) in [6, 6.07) is 12.0. The Labute approximate surface area is 144 Å². The van der Waals surface area contributed by atoms with E-state index in [4.69, 9.17) is 0 Å². The van der Waals surface area contributed by atoms with Gasteiger partial charge in [-0.15, -0.1) is 0 Å². The number of unbranched alkanes of at least 4 members (excludes halogenated alkanes) is 1. The molecule has 0 saturated heterocycles. The Morgan fingerprint density at radius 3 is 2.83 bits per heavy atom.